The van der Waals surface area contributed by atoms with Crippen LogP contribution in [0.3, 0.4) is 0 Å². The van der Waals surface area contributed by atoms with Gasteiger partial charge in [0.15, 0.2) is 11.5 Å². The van der Waals surface area contributed by atoms with E-state index in [-0.39, 0.29) is 17.9 Å². The van der Waals surface area contributed by atoms with Gasteiger partial charge < -0.3 is 25.0 Å². The van der Waals surface area contributed by atoms with Crippen LogP contribution in [0.1, 0.15) is 28.8 Å². The summed E-state index contributed by atoms with van der Waals surface area (Å²) in [5.74, 6) is 1.00. The number of carbonyl (C=O) groups excluding carboxylic acids is 2. The highest BCUT2D eigenvalue weighted by molar-refractivity contribution is 6.06. The van der Waals surface area contributed by atoms with E-state index in [0.29, 0.717) is 29.3 Å². The molecule has 2 N–H and O–H groups in total. The molecule has 1 unspecified atom stereocenters. The van der Waals surface area contributed by atoms with Crippen molar-refractivity contribution in [2.75, 3.05) is 31.0 Å². The lowest BCUT2D eigenvalue weighted by Crippen LogP contribution is -2.44. The summed E-state index contributed by atoms with van der Waals surface area (Å²) in [6, 6.07) is 10.9. The first-order chi connectivity index (χ1) is 13.6. The molecule has 0 saturated carbocycles. The van der Waals surface area contributed by atoms with Gasteiger partial charge in [-0.3, -0.25) is 9.59 Å². The van der Waals surface area contributed by atoms with Gasteiger partial charge in [-0.25, -0.2) is 0 Å². The van der Waals surface area contributed by atoms with Crippen molar-refractivity contribution in [2.45, 2.75) is 25.4 Å². The minimum atomic E-state index is -0.217. The Bertz CT molecular complexity index is 928. The van der Waals surface area contributed by atoms with Gasteiger partial charge in [0.25, 0.3) is 5.91 Å². The standard InChI is InChI=1S/C21H23N3O4/c1-27-18-7-3-5-14(19(18)28-2)12-22-20(25)13-8-9-16-15(11-13)23-21(26)17-6-4-10-24(16)17/h3,5,7-9,11,17H,4,6,10,12H2,1-2H3,(H,22,25)(H,23,26). The van der Waals surface area contributed by atoms with Crippen molar-refractivity contribution >= 4 is 23.2 Å². The van der Waals surface area contributed by atoms with Gasteiger partial charge in [0.2, 0.25) is 5.91 Å². The van der Waals surface area contributed by atoms with Crippen molar-refractivity contribution in [1.29, 1.82) is 0 Å². The third kappa shape index (κ3) is 3.13. The van der Waals surface area contributed by atoms with Gasteiger partial charge in [0.1, 0.15) is 6.04 Å². The predicted molar refractivity (Wildman–Crippen MR) is 106 cm³/mol. The Labute approximate surface area is 163 Å². The third-order valence-electron chi connectivity index (χ3n) is 5.31. The average molecular weight is 381 g/mol. The van der Waals surface area contributed by atoms with Gasteiger partial charge in [-0.05, 0) is 37.1 Å². The number of amides is 2. The molecule has 2 aromatic carbocycles. The fraction of sp³-hybridized carbons (Fsp3) is 0.333. The molecule has 2 heterocycles. The van der Waals surface area contributed by atoms with Crippen LogP contribution in [0.5, 0.6) is 11.5 Å². The molecule has 2 aromatic rings. The number of hydrogen-bond donors (Lipinski definition) is 2. The second kappa shape index (κ2) is 7.42. The van der Waals surface area contributed by atoms with Gasteiger partial charge >= 0.3 is 0 Å². The Kier molecular flexibility index (Phi) is 4.81. The molecule has 1 atom stereocenters. The van der Waals surface area contributed by atoms with Crippen LogP contribution in [0.25, 0.3) is 0 Å². The number of methoxy groups -OCH3 is 2. The highest BCUT2D eigenvalue weighted by Gasteiger charge is 2.36. The zero-order valence-electron chi connectivity index (χ0n) is 16.0. The summed E-state index contributed by atoms with van der Waals surface area (Å²) in [5.41, 5.74) is 2.99. The molecule has 2 amide bonds. The third-order valence-corrected chi connectivity index (χ3v) is 5.31. The monoisotopic (exact) mass is 381 g/mol. The summed E-state index contributed by atoms with van der Waals surface area (Å²) in [7, 11) is 3.15. The lowest BCUT2D eigenvalue weighted by molar-refractivity contribution is -0.117. The summed E-state index contributed by atoms with van der Waals surface area (Å²) in [6.45, 7) is 1.17. The van der Waals surface area contributed by atoms with Gasteiger partial charge in [0.05, 0.1) is 25.6 Å². The van der Waals surface area contributed by atoms with E-state index in [2.05, 4.69) is 15.5 Å². The minimum absolute atomic E-state index is 0.00340. The fourth-order valence-electron chi connectivity index (χ4n) is 3.94. The second-order valence-electron chi connectivity index (χ2n) is 6.91. The van der Waals surface area contributed by atoms with Crippen molar-refractivity contribution in [2.24, 2.45) is 0 Å². The zero-order valence-corrected chi connectivity index (χ0v) is 16.0. The van der Waals surface area contributed by atoms with E-state index < -0.39 is 0 Å². The van der Waals surface area contributed by atoms with E-state index in [4.69, 9.17) is 9.47 Å². The van der Waals surface area contributed by atoms with Crippen molar-refractivity contribution in [3.8, 4) is 11.5 Å². The van der Waals surface area contributed by atoms with Crippen molar-refractivity contribution in [3.63, 3.8) is 0 Å². The van der Waals surface area contributed by atoms with Crippen molar-refractivity contribution in [3.05, 3.63) is 47.5 Å². The average Bonchev–Trinajstić information content (AvgIpc) is 3.22. The molecule has 146 valence electrons. The molecule has 4 rings (SSSR count). The maximum absolute atomic E-state index is 12.7. The normalized spacial score (nSPS) is 17.4. The Morgan fingerprint density at radius 1 is 1.25 bits per heavy atom. The molecule has 7 heteroatoms. The first kappa shape index (κ1) is 18.2. The topological polar surface area (TPSA) is 79.9 Å². The largest absolute Gasteiger partial charge is 0.493 e. The van der Waals surface area contributed by atoms with E-state index >= 15 is 0 Å². The number of rotatable bonds is 5. The van der Waals surface area contributed by atoms with Crippen LogP contribution < -0.4 is 25.0 Å². The molecule has 0 aliphatic carbocycles. The van der Waals surface area contributed by atoms with E-state index in [1.807, 2.05) is 24.3 Å². The zero-order chi connectivity index (χ0) is 19.7. The Balaban J connectivity index is 1.51. The molecule has 1 fully saturated rings. The smallest absolute Gasteiger partial charge is 0.251 e. The summed E-state index contributed by atoms with van der Waals surface area (Å²) >= 11 is 0. The molecule has 7 nitrogen and oxygen atoms in total. The van der Waals surface area contributed by atoms with Crippen molar-refractivity contribution < 1.29 is 19.1 Å². The van der Waals surface area contributed by atoms with Gasteiger partial charge in [-0.1, -0.05) is 12.1 Å². The highest BCUT2D eigenvalue weighted by atomic mass is 16.5. The molecule has 0 aromatic heterocycles. The summed E-state index contributed by atoms with van der Waals surface area (Å²) in [5, 5.41) is 5.84. The van der Waals surface area contributed by atoms with E-state index in [1.54, 1.807) is 26.4 Å². The van der Waals surface area contributed by atoms with Crippen LogP contribution in [0.2, 0.25) is 0 Å². The van der Waals surface area contributed by atoms with Crippen LogP contribution in [0, 0.1) is 0 Å². The molecule has 28 heavy (non-hydrogen) atoms. The SMILES string of the molecule is COc1cccc(CNC(=O)c2ccc3c(c2)NC(=O)C2CCCN32)c1OC. The quantitative estimate of drug-likeness (QED) is 0.832. The lowest BCUT2D eigenvalue weighted by atomic mass is 10.1. The van der Waals surface area contributed by atoms with Crippen LogP contribution in [-0.2, 0) is 11.3 Å². The lowest BCUT2D eigenvalue weighted by Gasteiger charge is -2.33. The highest BCUT2D eigenvalue weighted by Crippen LogP contribution is 2.37. The number of carbonyl (C=O) groups is 2. The predicted octanol–water partition coefficient (Wildman–Crippen LogP) is 2.55. The van der Waals surface area contributed by atoms with Crippen LogP contribution in [0.15, 0.2) is 36.4 Å². The summed E-state index contributed by atoms with van der Waals surface area (Å²) in [4.78, 5) is 27.1. The molecular formula is C21H23N3O4. The van der Waals surface area contributed by atoms with E-state index in [0.717, 1.165) is 30.6 Å². The van der Waals surface area contributed by atoms with Crippen LogP contribution in [-0.4, -0.2) is 38.6 Å². The maximum Gasteiger partial charge on any atom is 0.251 e. The van der Waals surface area contributed by atoms with E-state index in [1.165, 1.54) is 0 Å². The molecule has 0 radical (unpaired) electrons. The van der Waals surface area contributed by atoms with Crippen LogP contribution >= 0.6 is 0 Å². The van der Waals surface area contributed by atoms with E-state index in [9.17, 15) is 9.59 Å². The van der Waals surface area contributed by atoms with Gasteiger partial charge in [0, 0.05) is 24.2 Å². The van der Waals surface area contributed by atoms with Gasteiger partial charge in [-0.2, -0.15) is 0 Å². The first-order valence-corrected chi connectivity index (χ1v) is 9.32. The molecule has 2 aliphatic heterocycles. The molecular weight excluding hydrogens is 358 g/mol. The number of anilines is 2. The van der Waals surface area contributed by atoms with Crippen molar-refractivity contribution in [1.82, 2.24) is 5.32 Å². The number of para-hydroxylation sites is 1. The Hall–Kier alpha value is -3.22. The fourth-order valence-corrected chi connectivity index (χ4v) is 3.94. The Morgan fingerprint density at radius 3 is 2.89 bits per heavy atom. The molecule has 2 aliphatic rings. The van der Waals surface area contributed by atoms with Crippen LogP contribution in [0.4, 0.5) is 11.4 Å². The summed E-state index contributed by atoms with van der Waals surface area (Å²) in [6.07, 6.45) is 1.87. The number of nitrogens with one attached hydrogen (secondary N) is 2. The molecule has 0 bridgehead atoms. The Morgan fingerprint density at radius 2 is 2.11 bits per heavy atom. The minimum Gasteiger partial charge on any atom is -0.493 e. The summed E-state index contributed by atoms with van der Waals surface area (Å²) < 4.78 is 10.7. The molecule has 0 spiro atoms. The first-order valence-electron chi connectivity index (χ1n) is 9.32. The van der Waals surface area contributed by atoms with Gasteiger partial charge in [-0.15, -0.1) is 0 Å². The molecule has 1 saturated heterocycles. The number of ether oxygens (including phenoxy) is 2. The second-order valence-corrected chi connectivity index (χ2v) is 6.91. The number of benzene rings is 2. The number of nitrogens with zero attached hydrogens (tertiary/aromatic N) is 1. The number of fused-ring (bicyclic) bond motifs is 3. The number of hydrogen-bond acceptors (Lipinski definition) is 5. The maximum atomic E-state index is 12.7.